The average Bonchev–Trinajstić information content (AvgIpc) is 3.02. The molecule has 0 radical (unpaired) electrons. The van der Waals surface area contributed by atoms with Crippen molar-refractivity contribution in [1.82, 2.24) is 9.97 Å². The number of fused-ring (bicyclic) bond motifs is 1. The molecule has 27 heavy (non-hydrogen) atoms. The van der Waals surface area contributed by atoms with Gasteiger partial charge in [-0.2, -0.15) is 0 Å². The predicted octanol–water partition coefficient (Wildman–Crippen LogP) is 3.53. The second kappa shape index (κ2) is 8.99. The normalized spacial score (nSPS) is 26.1. The molecule has 0 saturated heterocycles. The fourth-order valence-corrected chi connectivity index (χ4v) is 4.00. The van der Waals surface area contributed by atoms with Gasteiger partial charge in [-0.3, -0.25) is 4.79 Å². The van der Waals surface area contributed by atoms with Crippen molar-refractivity contribution in [3.05, 3.63) is 24.0 Å². The molecule has 148 valence electrons. The first-order valence-corrected chi connectivity index (χ1v) is 9.42. The third-order valence-corrected chi connectivity index (χ3v) is 5.43. The number of carbonyl (C=O) groups excluding carboxylic acids is 1. The van der Waals surface area contributed by atoms with Gasteiger partial charge in [-0.05, 0) is 25.3 Å². The molecule has 8 heteroatoms. The number of ketones is 1. The lowest BCUT2D eigenvalue weighted by Crippen LogP contribution is -2.32. The van der Waals surface area contributed by atoms with E-state index in [9.17, 15) is 9.18 Å². The van der Waals surface area contributed by atoms with E-state index in [1.54, 1.807) is 25.6 Å². The summed E-state index contributed by atoms with van der Waals surface area (Å²) in [4.78, 5) is 20.3. The summed E-state index contributed by atoms with van der Waals surface area (Å²) in [5.41, 5.74) is 0.934. The SMILES string of the molecule is COCCOC1CCC(F)C(C(=O)c2c[nH]c3ncc(OC)cc23)C(Cl)C1. The predicted molar refractivity (Wildman–Crippen MR) is 100 cm³/mol. The molecule has 1 fully saturated rings. The highest BCUT2D eigenvalue weighted by molar-refractivity contribution is 6.23. The lowest BCUT2D eigenvalue weighted by Gasteiger charge is -2.22. The fraction of sp³-hybridized carbons (Fsp3) is 0.579. The molecule has 6 nitrogen and oxygen atoms in total. The van der Waals surface area contributed by atoms with Crippen molar-refractivity contribution in [1.29, 1.82) is 0 Å². The first-order chi connectivity index (χ1) is 13.0. The monoisotopic (exact) mass is 398 g/mol. The van der Waals surface area contributed by atoms with Crippen LogP contribution in [-0.4, -0.2) is 60.8 Å². The Labute approximate surface area is 162 Å². The Hall–Kier alpha value is -1.70. The number of hydrogen-bond donors (Lipinski definition) is 1. The minimum atomic E-state index is -1.32. The molecule has 1 N–H and O–H groups in total. The van der Waals surface area contributed by atoms with Crippen LogP contribution in [0.5, 0.6) is 5.75 Å². The molecule has 0 amide bonds. The smallest absolute Gasteiger partial charge is 0.172 e. The molecular weight excluding hydrogens is 375 g/mol. The van der Waals surface area contributed by atoms with Gasteiger partial charge >= 0.3 is 0 Å². The summed E-state index contributed by atoms with van der Waals surface area (Å²) in [7, 11) is 3.12. The van der Waals surface area contributed by atoms with Crippen molar-refractivity contribution < 1.29 is 23.4 Å². The highest BCUT2D eigenvalue weighted by atomic mass is 35.5. The molecule has 4 unspecified atom stereocenters. The number of rotatable bonds is 7. The number of pyridine rings is 1. The van der Waals surface area contributed by atoms with E-state index in [0.29, 0.717) is 48.4 Å². The highest BCUT2D eigenvalue weighted by Gasteiger charge is 2.40. The minimum Gasteiger partial charge on any atom is -0.495 e. The number of nitrogens with one attached hydrogen (secondary N) is 1. The number of aromatic nitrogens is 2. The number of halogens is 2. The van der Waals surface area contributed by atoms with Crippen LogP contribution in [0.4, 0.5) is 4.39 Å². The number of nitrogens with zero attached hydrogens (tertiary/aromatic N) is 1. The van der Waals surface area contributed by atoms with Crippen molar-refractivity contribution in [2.24, 2.45) is 5.92 Å². The molecule has 0 aromatic carbocycles. The topological polar surface area (TPSA) is 73.4 Å². The van der Waals surface area contributed by atoms with Crippen LogP contribution in [-0.2, 0) is 9.47 Å². The van der Waals surface area contributed by atoms with Gasteiger partial charge in [-0.1, -0.05) is 0 Å². The van der Waals surface area contributed by atoms with Gasteiger partial charge in [0.1, 0.15) is 17.6 Å². The first kappa shape index (κ1) is 20.0. The molecule has 0 spiro atoms. The van der Waals surface area contributed by atoms with Crippen molar-refractivity contribution in [2.45, 2.75) is 36.9 Å². The van der Waals surface area contributed by atoms with Crippen LogP contribution >= 0.6 is 11.6 Å². The van der Waals surface area contributed by atoms with Gasteiger partial charge < -0.3 is 19.2 Å². The Morgan fingerprint density at radius 1 is 1.37 bits per heavy atom. The maximum atomic E-state index is 14.9. The average molecular weight is 399 g/mol. The lowest BCUT2D eigenvalue weighted by atomic mass is 9.89. The summed E-state index contributed by atoms with van der Waals surface area (Å²) in [5, 5.41) is -0.0429. The number of H-pyrrole nitrogens is 1. The van der Waals surface area contributed by atoms with Crippen LogP contribution in [0.3, 0.4) is 0 Å². The molecule has 2 aromatic rings. The molecule has 0 bridgehead atoms. The first-order valence-electron chi connectivity index (χ1n) is 8.99. The van der Waals surface area contributed by atoms with Crippen molar-refractivity contribution >= 4 is 28.4 Å². The van der Waals surface area contributed by atoms with Gasteiger partial charge in [0.05, 0.1) is 38.5 Å². The van der Waals surface area contributed by atoms with E-state index in [2.05, 4.69) is 9.97 Å². The van der Waals surface area contributed by atoms with Gasteiger partial charge in [-0.25, -0.2) is 9.37 Å². The molecule has 1 aliphatic carbocycles. The molecule has 3 rings (SSSR count). The minimum absolute atomic E-state index is 0.177. The Kier molecular flexibility index (Phi) is 6.68. The second-order valence-corrected chi connectivity index (χ2v) is 7.25. The van der Waals surface area contributed by atoms with E-state index >= 15 is 0 Å². The van der Waals surface area contributed by atoms with E-state index in [1.807, 2.05) is 0 Å². The summed E-state index contributed by atoms with van der Waals surface area (Å²) in [5.74, 6) is -0.711. The number of Topliss-reactive ketones (excluding diaryl/α,β-unsaturated/α-hetero) is 1. The second-order valence-electron chi connectivity index (χ2n) is 6.69. The van der Waals surface area contributed by atoms with Gasteiger partial charge in [0.2, 0.25) is 0 Å². The largest absolute Gasteiger partial charge is 0.495 e. The molecule has 1 saturated carbocycles. The summed E-state index contributed by atoms with van der Waals surface area (Å²) in [6, 6.07) is 1.72. The van der Waals surface area contributed by atoms with Crippen LogP contribution in [0.2, 0.25) is 0 Å². The number of carbonyl (C=O) groups is 1. The Balaban J connectivity index is 1.81. The third-order valence-electron chi connectivity index (χ3n) is 4.98. The van der Waals surface area contributed by atoms with Crippen LogP contribution in [0, 0.1) is 5.92 Å². The third kappa shape index (κ3) is 4.42. The van der Waals surface area contributed by atoms with Crippen LogP contribution in [0.1, 0.15) is 29.6 Å². The number of ether oxygens (including phenoxy) is 3. The quantitative estimate of drug-likeness (QED) is 0.334. The Morgan fingerprint density at radius 2 is 2.19 bits per heavy atom. The standard InChI is InChI=1S/C19H24ClFN2O4/c1-25-5-6-27-11-3-4-16(21)17(15(20)8-11)18(24)14-10-23-19-13(14)7-12(26-2)9-22-19/h7,9-11,15-17H,3-6,8H2,1-2H3,(H,22,23). The molecule has 2 heterocycles. The lowest BCUT2D eigenvalue weighted by molar-refractivity contribution is 0.00986. The fourth-order valence-electron chi connectivity index (χ4n) is 3.52. The van der Waals surface area contributed by atoms with Crippen LogP contribution < -0.4 is 4.74 Å². The molecule has 4 atom stereocenters. The highest BCUT2D eigenvalue weighted by Crippen LogP contribution is 2.35. The van der Waals surface area contributed by atoms with Crippen molar-refractivity contribution in [3.8, 4) is 5.75 Å². The van der Waals surface area contributed by atoms with Gasteiger partial charge in [-0.15, -0.1) is 11.6 Å². The van der Waals surface area contributed by atoms with Crippen molar-refractivity contribution in [2.75, 3.05) is 27.4 Å². The number of methoxy groups -OCH3 is 2. The maximum Gasteiger partial charge on any atom is 0.172 e. The van der Waals surface area contributed by atoms with Gasteiger partial charge in [0, 0.05) is 29.6 Å². The number of alkyl halides is 2. The van der Waals surface area contributed by atoms with Crippen molar-refractivity contribution in [3.63, 3.8) is 0 Å². The van der Waals surface area contributed by atoms with E-state index < -0.39 is 17.5 Å². The summed E-state index contributed by atoms with van der Waals surface area (Å²) in [6.07, 6.45) is 2.81. The molecule has 0 aliphatic heterocycles. The summed E-state index contributed by atoms with van der Waals surface area (Å²) in [6.45, 7) is 0.892. The van der Waals surface area contributed by atoms with E-state index in [0.717, 1.165) is 0 Å². The van der Waals surface area contributed by atoms with Crippen LogP contribution in [0.25, 0.3) is 11.0 Å². The molecule has 2 aromatic heterocycles. The van der Waals surface area contributed by atoms with Gasteiger partial charge in [0.25, 0.3) is 0 Å². The maximum absolute atomic E-state index is 14.9. The van der Waals surface area contributed by atoms with E-state index in [4.69, 9.17) is 25.8 Å². The van der Waals surface area contributed by atoms with E-state index in [-0.39, 0.29) is 18.3 Å². The zero-order chi connectivity index (χ0) is 19.4. The zero-order valence-corrected chi connectivity index (χ0v) is 16.2. The molecule has 1 aliphatic rings. The van der Waals surface area contributed by atoms with Gasteiger partial charge in [0.15, 0.2) is 5.78 Å². The summed E-state index contributed by atoms with van der Waals surface area (Å²) < 4.78 is 30.7. The Morgan fingerprint density at radius 3 is 2.93 bits per heavy atom. The Bertz CT molecular complexity index is 784. The zero-order valence-electron chi connectivity index (χ0n) is 15.4. The number of hydrogen-bond acceptors (Lipinski definition) is 5. The summed E-state index contributed by atoms with van der Waals surface area (Å²) >= 11 is 6.49. The number of aromatic amines is 1. The van der Waals surface area contributed by atoms with E-state index in [1.165, 1.54) is 7.11 Å². The molecular formula is C19H24ClFN2O4. The van der Waals surface area contributed by atoms with Crippen LogP contribution in [0.15, 0.2) is 18.5 Å².